The zero-order valence-corrected chi connectivity index (χ0v) is 22.5. The van der Waals surface area contributed by atoms with Gasteiger partial charge in [0.1, 0.15) is 0 Å². The lowest BCUT2D eigenvalue weighted by atomic mass is 9.78. The second-order valence-electron chi connectivity index (χ2n) is 9.80. The molecule has 1 aromatic carbocycles. The van der Waals surface area contributed by atoms with Gasteiger partial charge in [-0.1, -0.05) is 18.2 Å². The number of aryl methyl sites for hydroxylation is 3. The highest BCUT2D eigenvalue weighted by molar-refractivity contribution is 7.89. The number of piperazine rings is 1. The van der Waals surface area contributed by atoms with Gasteiger partial charge in [-0.2, -0.15) is 4.31 Å². The molecule has 1 saturated carbocycles. The van der Waals surface area contributed by atoms with E-state index in [2.05, 4.69) is 15.2 Å². The van der Waals surface area contributed by atoms with Crippen molar-refractivity contribution in [2.45, 2.75) is 56.0 Å². The molecular formula is C24H34ClF2N5O3S. The number of alkyl halides is 2. The molecule has 200 valence electrons. The molecule has 12 heteroatoms. The van der Waals surface area contributed by atoms with Crippen LogP contribution in [0.2, 0.25) is 0 Å². The molecule has 0 unspecified atom stereocenters. The van der Waals surface area contributed by atoms with Crippen LogP contribution in [-0.2, 0) is 17.1 Å². The van der Waals surface area contributed by atoms with Gasteiger partial charge in [0.25, 0.3) is 15.9 Å². The highest BCUT2D eigenvalue weighted by atomic mass is 35.5. The number of benzene rings is 1. The number of hydrogen-bond donors (Lipinski definition) is 1. The standard InChI is InChI=1S/C24H33F2N5O3S.ClH/c1-18-5-4-6-19(2)21(18)22(32)27-16-23(7-9-24(25,26)10-8-23)30-11-13-31(14-12-30)35(33,34)20-15-29(3)17-28-20;/h4-6,15,17H,7-14,16H2,1-3H3,(H,27,32);1H. The fourth-order valence-corrected chi connectivity index (χ4v) is 6.64. The first-order valence-corrected chi connectivity index (χ1v) is 13.3. The number of aromatic nitrogens is 2. The molecule has 36 heavy (non-hydrogen) atoms. The number of hydrogen-bond acceptors (Lipinski definition) is 5. The Balaban J connectivity index is 0.00000361. The quantitative estimate of drug-likeness (QED) is 0.602. The third-order valence-electron chi connectivity index (χ3n) is 7.39. The lowest BCUT2D eigenvalue weighted by Gasteiger charge is -2.50. The fraction of sp³-hybridized carbons (Fsp3) is 0.583. The van der Waals surface area contributed by atoms with Crippen LogP contribution in [0.25, 0.3) is 0 Å². The van der Waals surface area contributed by atoms with Crippen LogP contribution in [0.1, 0.15) is 47.2 Å². The average Bonchev–Trinajstić information content (AvgIpc) is 3.26. The van der Waals surface area contributed by atoms with Crippen molar-refractivity contribution >= 4 is 28.3 Å². The van der Waals surface area contributed by atoms with Crippen molar-refractivity contribution in [3.63, 3.8) is 0 Å². The van der Waals surface area contributed by atoms with Gasteiger partial charge in [-0.3, -0.25) is 9.69 Å². The van der Waals surface area contributed by atoms with Crippen molar-refractivity contribution in [1.29, 1.82) is 0 Å². The predicted molar refractivity (Wildman–Crippen MR) is 135 cm³/mol. The largest absolute Gasteiger partial charge is 0.350 e. The molecule has 2 heterocycles. The summed E-state index contributed by atoms with van der Waals surface area (Å²) in [5.41, 5.74) is 1.68. The molecule has 1 aromatic heterocycles. The first-order chi connectivity index (χ1) is 16.4. The Hall–Kier alpha value is -2.08. The van der Waals surface area contributed by atoms with E-state index in [1.807, 2.05) is 32.0 Å². The first-order valence-electron chi connectivity index (χ1n) is 11.9. The van der Waals surface area contributed by atoms with E-state index in [1.165, 1.54) is 16.8 Å². The minimum absolute atomic E-state index is 0. The lowest BCUT2D eigenvalue weighted by Crippen LogP contribution is -2.63. The molecule has 2 aromatic rings. The number of rotatable bonds is 6. The van der Waals surface area contributed by atoms with Crippen LogP contribution < -0.4 is 5.32 Å². The number of carbonyl (C=O) groups is 1. The van der Waals surface area contributed by atoms with Gasteiger partial charge in [0.2, 0.25) is 5.92 Å². The molecular weight excluding hydrogens is 512 g/mol. The van der Waals surface area contributed by atoms with Crippen molar-refractivity contribution in [1.82, 2.24) is 24.1 Å². The molecule has 1 amide bonds. The molecule has 8 nitrogen and oxygen atoms in total. The van der Waals surface area contributed by atoms with E-state index >= 15 is 0 Å². The molecule has 1 aliphatic carbocycles. The van der Waals surface area contributed by atoms with Gasteiger partial charge in [0.15, 0.2) is 5.03 Å². The van der Waals surface area contributed by atoms with Crippen LogP contribution in [0.3, 0.4) is 0 Å². The van der Waals surface area contributed by atoms with E-state index in [-0.39, 0.29) is 68.7 Å². The number of carbonyl (C=O) groups excluding carboxylic acids is 1. The van der Waals surface area contributed by atoms with E-state index < -0.39 is 21.5 Å². The van der Waals surface area contributed by atoms with E-state index in [0.29, 0.717) is 18.7 Å². The summed E-state index contributed by atoms with van der Waals surface area (Å²) in [6.45, 7) is 5.26. The molecule has 2 aliphatic rings. The molecule has 1 saturated heterocycles. The van der Waals surface area contributed by atoms with Gasteiger partial charge >= 0.3 is 0 Å². The van der Waals surface area contributed by atoms with Crippen LogP contribution in [0, 0.1) is 13.8 Å². The summed E-state index contributed by atoms with van der Waals surface area (Å²) in [6, 6.07) is 5.64. The number of imidazole rings is 1. The first kappa shape index (κ1) is 28.5. The van der Waals surface area contributed by atoms with Crippen molar-refractivity contribution in [2.24, 2.45) is 7.05 Å². The van der Waals surface area contributed by atoms with Gasteiger partial charge < -0.3 is 9.88 Å². The lowest BCUT2D eigenvalue weighted by molar-refractivity contribution is -0.0856. The number of nitrogens with one attached hydrogen (secondary N) is 1. The maximum Gasteiger partial charge on any atom is 0.262 e. The fourth-order valence-electron chi connectivity index (χ4n) is 5.25. The summed E-state index contributed by atoms with van der Waals surface area (Å²) in [7, 11) is -2.01. The minimum Gasteiger partial charge on any atom is -0.350 e. The smallest absolute Gasteiger partial charge is 0.262 e. The summed E-state index contributed by atoms with van der Waals surface area (Å²) in [5, 5.41) is 3.02. The zero-order valence-electron chi connectivity index (χ0n) is 20.8. The SMILES string of the molecule is Cc1cccc(C)c1C(=O)NCC1(N2CCN(S(=O)(=O)c3cn(C)cn3)CC2)CCC(F)(F)CC1.Cl. The van der Waals surface area contributed by atoms with Crippen LogP contribution in [0.15, 0.2) is 35.7 Å². The molecule has 0 atom stereocenters. The minimum atomic E-state index is -3.72. The van der Waals surface area contributed by atoms with Gasteiger partial charge in [0.05, 0.1) is 6.33 Å². The van der Waals surface area contributed by atoms with Crippen LogP contribution in [0.5, 0.6) is 0 Å². The van der Waals surface area contributed by atoms with Crippen molar-refractivity contribution < 1.29 is 22.0 Å². The molecule has 0 bridgehead atoms. The third kappa shape index (κ3) is 5.74. The Kier molecular flexibility index (Phi) is 8.49. The molecule has 0 spiro atoms. The Morgan fingerprint density at radius 3 is 2.17 bits per heavy atom. The highest BCUT2D eigenvalue weighted by Crippen LogP contribution is 2.42. The molecule has 0 radical (unpaired) electrons. The van der Waals surface area contributed by atoms with Gasteiger partial charge in [-0.25, -0.2) is 22.2 Å². The van der Waals surface area contributed by atoms with Crippen molar-refractivity contribution in [3.8, 4) is 0 Å². The van der Waals surface area contributed by atoms with Gasteiger partial charge in [-0.05, 0) is 37.8 Å². The van der Waals surface area contributed by atoms with Crippen LogP contribution in [-0.4, -0.2) is 77.3 Å². The van der Waals surface area contributed by atoms with E-state index in [4.69, 9.17) is 0 Å². The van der Waals surface area contributed by atoms with Gasteiger partial charge in [-0.15, -0.1) is 12.4 Å². The molecule has 2 fully saturated rings. The summed E-state index contributed by atoms with van der Waals surface area (Å²) >= 11 is 0. The number of halogens is 3. The van der Waals surface area contributed by atoms with E-state index in [0.717, 1.165) is 11.1 Å². The molecule has 4 rings (SSSR count). The van der Waals surface area contributed by atoms with E-state index in [1.54, 1.807) is 11.6 Å². The third-order valence-corrected chi connectivity index (χ3v) is 9.18. The second kappa shape index (κ2) is 10.7. The Morgan fingerprint density at radius 1 is 1.06 bits per heavy atom. The number of amides is 1. The maximum absolute atomic E-state index is 14.1. The second-order valence-corrected chi connectivity index (χ2v) is 11.7. The van der Waals surface area contributed by atoms with Crippen molar-refractivity contribution in [2.75, 3.05) is 32.7 Å². The normalized spacial score (nSPS) is 20.5. The van der Waals surface area contributed by atoms with Crippen LogP contribution in [0.4, 0.5) is 8.78 Å². The Bertz CT molecular complexity index is 1170. The number of nitrogens with zero attached hydrogens (tertiary/aromatic N) is 4. The van der Waals surface area contributed by atoms with Crippen LogP contribution >= 0.6 is 12.4 Å². The van der Waals surface area contributed by atoms with Crippen molar-refractivity contribution in [3.05, 3.63) is 47.4 Å². The summed E-state index contributed by atoms with van der Waals surface area (Å²) in [6.07, 6.45) is 2.88. The Labute approximate surface area is 217 Å². The summed E-state index contributed by atoms with van der Waals surface area (Å²) in [4.78, 5) is 19.1. The average molecular weight is 546 g/mol. The number of sulfonamides is 1. The van der Waals surface area contributed by atoms with Gasteiger partial charge in [0, 0.05) is 69.9 Å². The monoisotopic (exact) mass is 545 g/mol. The van der Waals surface area contributed by atoms with E-state index in [9.17, 15) is 22.0 Å². The Morgan fingerprint density at radius 2 is 1.64 bits per heavy atom. The summed E-state index contributed by atoms with van der Waals surface area (Å²) in [5.74, 6) is -2.93. The summed E-state index contributed by atoms with van der Waals surface area (Å²) < 4.78 is 57.1. The highest BCUT2D eigenvalue weighted by Gasteiger charge is 2.48. The maximum atomic E-state index is 14.1. The predicted octanol–water partition coefficient (Wildman–Crippen LogP) is 3.14. The topological polar surface area (TPSA) is 87.5 Å². The molecule has 1 N–H and O–H groups in total. The molecule has 1 aliphatic heterocycles. The zero-order chi connectivity index (χ0) is 25.4.